The summed E-state index contributed by atoms with van der Waals surface area (Å²) >= 11 is 5.92. The normalized spacial score (nSPS) is 16.8. The SMILES string of the molecule is CC(N)CCC(=O)N(C1CC1)C(C)c1ccc(Cl)cc1.Cl. The van der Waals surface area contributed by atoms with Gasteiger partial charge in [-0.05, 0) is 50.8 Å². The molecule has 1 saturated carbocycles. The lowest BCUT2D eigenvalue weighted by molar-refractivity contribution is -0.134. The van der Waals surface area contributed by atoms with E-state index >= 15 is 0 Å². The Kier molecular flexibility index (Phi) is 6.98. The van der Waals surface area contributed by atoms with E-state index in [1.165, 1.54) is 0 Å². The molecule has 118 valence electrons. The van der Waals surface area contributed by atoms with Crippen LogP contribution in [0.5, 0.6) is 0 Å². The van der Waals surface area contributed by atoms with E-state index in [1.54, 1.807) is 0 Å². The highest BCUT2D eigenvalue weighted by molar-refractivity contribution is 6.30. The molecule has 2 atom stereocenters. The second-order valence-corrected chi connectivity index (χ2v) is 6.21. The Morgan fingerprint density at radius 3 is 2.38 bits per heavy atom. The Morgan fingerprint density at radius 2 is 1.90 bits per heavy atom. The van der Waals surface area contributed by atoms with Crippen molar-refractivity contribution in [3.63, 3.8) is 0 Å². The maximum atomic E-state index is 12.5. The highest BCUT2D eigenvalue weighted by atomic mass is 35.5. The topological polar surface area (TPSA) is 46.3 Å². The van der Waals surface area contributed by atoms with Crippen molar-refractivity contribution in [3.05, 3.63) is 34.9 Å². The van der Waals surface area contributed by atoms with E-state index in [0.717, 1.165) is 29.8 Å². The molecular formula is C16H24Cl2N2O. The minimum absolute atomic E-state index is 0. The first-order chi connectivity index (χ1) is 9.49. The smallest absolute Gasteiger partial charge is 0.223 e. The molecule has 1 aliphatic carbocycles. The molecule has 0 bridgehead atoms. The predicted molar refractivity (Wildman–Crippen MR) is 89.9 cm³/mol. The molecule has 0 radical (unpaired) electrons. The lowest BCUT2D eigenvalue weighted by atomic mass is 10.1. The third kappa shape index (κ3) is 5.17. The number of nitrogens with zero attached hydrogens (tertiary/aromatic N) is 1. The van der Waals surface area contributed by atoms with Crippen LogP contribution in [0.3, 0.4) is 0 Å². The van der Waals surface area contributed by atoms with E-state index < -0.39 is 0 Å². The second kappa shape index (κ2) is 8.02. The highest BCUT2D eigenvalue weighted by Crippen LogP contribution is 2.35. The number of amides is 1. The fourth-order valence-electron chi connectivity index (χ4n) is 2.47. The molecule has 0 heterocycles. The maximum absolute atomic E-state index is 12.5. The van der Waals surface area contributed by atoms with Crippen molar-refractivity contribution in [1.82, 2.24) is 4.90 Å². The summed E-state index contributed by atoms with van der Waals surface area (Å²) in [5, 5.41) is 0.724. The summed E-state index contributed by atoms with van der Waals surface area (Å²) in [7, 11) is 0. The first-order valence-electron chi connectivity index (χ1n) is 7.31. The third-order valence-electron chi connectivity index (χ3n) is 3.81. The van der Waals surface area contributed by atoms with Crippen LogP contribution in [-0.4, -0.2) is 22.9 Å². The van der Waals surface area contributed by atoms with Crippen LogP contribution in [-0.2, 0) is 4.79 Å². The predicted octanol–water partition coefficient (Wildman–Crippen LogP) is 3.94. The summed E-state index contributed by atoms with van der Waals surface area (Å²) in [6.07, 6.45) is 3.51. The number of hydrogen-bond acceptors (Lipinski definition) is 2. The number of benzene rings is 1. The average Bonchev–Trinajstić information content (AvgIpc) is 3.22. The lowest BCUT2D eigenvalue weighted by Crippen LogP contribution is -2.36. The Balaban J connectivity index is 0.00000220. The van der Waals surface area contributed by atoms with Gasteiger partial charge >= 0.3 is 0 Å². The molecule has 1 fully saturated rings. The largest absolute Gasteiger partial charge is 0.333 e. The Bertz CT molecular complexity index is 458. The second-order valence-electron chi connectivity index (χ2n) is 5.78. The van der Waals surface area contributed by atoms with Gasteiger partial charge in [-0.15, -0.1) is 12.4 Å². The van der Waals surface area contributed by atoms with Crippen LogP contribution >= 0.6 is 24.0 Å². The summed E-state index contributed by atoms with van der Waals surface area (Å²) < 4.78 is 0. The van der Waals surface area contributed by atoms with E-state index in [0.29, 0.717) is 12.5 Å². The lowest BCUT2D eigenvalue weighted by Gasteiger charge is -2.30. The van der Waals surface area contributed by atoms with Gasteiger partial charge in [0.05, 0.1) is 6.04 Å². The molecule has 3 nitrogen and oxygen atoms in total. The van der Waals surface area contributed by atoms with Crippen molar-refractivity contribution in [1.29, 1.82) is 0 Å². The quantitative estimate of drug-likeness (QED) is 0.858. The zero-order valence-electron chi connectivity index (χ0n) is 12.6. The zero-order valence-corrected chi connectivity index (χ0v) is 14.2. The van der Waals surface area contributed by atoms with E-state index in [1.807, 2.05) is 36.1 Å². The number of carbonyl (C=O) groups excluding carboxylic acids is 1. The van der Waals surface area contributed by atoms with Gasteiger partial charge in [0.2, 0.25) is 5.91 Å². The molecule has 1 aromatic carbocycles. The molecule has 2 unspecified atom stereocenters. The molecule has 1 aliphatic rings. The van der Waals surface area contributed by atoms with Crippen molar-refractivity contribution in [2.24, 2.45) is 5.73 Å². The number of rotatable bonds is 6. The van der Waals surface area contributed by atoms with Crippen molar-refractivity contribution < 1.29 is 4.79 Å². The molecule has 21 heavy (non-hydrogen) atoms. The number of carbonyl (C=O) groups is 1. The van der Waals surface area contributed by atoms with Gasteiger partial charge in [-0.3, -0.25) is 4.79 Å². The number of nitrogens with two attached hydrogens (primary N) is 1. The van der Waals surface area contributed by atoms with E-state index in [2.05, 4.69) is 6.92 Å². The summed E-state index contributed by atoms with van der Waals surface area (Å²) in [6, 6.07) is 8.34. The molecule has 5 heteroatoms. The highest BCUT2D eigenvalue weighted by Gasteiger charge is 2.35. The summed E-state index contributed by atoms with van der Waals surface area (Å²) in [4.78, 5) is 14.5. The fourth-order valence-corrected chi connectivity index (χ4v) is 2.60. The van der Waals surface area contributed by atoms with Gasteiger partial charge in [-0.25, -0.2) is 0 Å². The molecule has 0 spiro atoms. The molecule has 0 aromatic heterocycles. The number of halogens is 2. The van der Waals surface area contributed by atoms with Gasteiger partial charge in [0.25, 0.3) is 0 Å². The monoisotopic (exact) mass is 330 g/mol. The maximum Gasteiger partial charge on any atom is 0.223 e. The summed E-state index contributed by atoms with van der Waals surface area (Å²) in [6.45, 7) is 4.03. The van der Waals surface area contributed by atoms with E-state index in [9.17, 15) is 4.79 Å². The molecule has 0 saturated heterocycles. The van der Waals surface area contributed by atoms with Crippen LogP contribution in [0.1, 0.15) is 51.1 Å². The summed E-state index contributed by atoms with van der Waals surface area (Å²) in [5.74, 6) is 0.215. The molecule has 2 rings (SSSR count). The third-order valence-corrected chi connectivity index (χ3v) is 4.06. The van der Waals surface area contributed by atoms with Crippen molar-refractivity contribution in [3.8, 4) is 0 Å². The minimum Gasteiger partial charge on any atom is -0.333 e. The fraction of sp³-hybridized carbons (Fsp3) is 0.562. The molecule has 1 aromatic rings. The van der Waals surface area contributed by atoms with Crippen LogP contribution in [0.2, 0.25) is 5.02 Å². The van der Waals surface area contributed by atoms with Crippen LogP contribution in [0.4, 0.5) is 0 Å². The first-order valence-corrected chi connectivity index (χ1v) is 7.69. The van der Waals surface area contributed by atoms with Crippen molar-refractivity contribution in [2.45, 2.75) is 57.7 Å². The van der Waals surface area contributed by atoms with Crippen LogP contribution < -0.4 is 5.73 Å². The Hall–Kier alpha value is -0.770. The first kappa shape index (κ1) is 18.3. The molecular weight excluding hydrogens is 307 g/mol. The van der Waals surface area contributed by atoms with E-state index in [-0.39, 0.29) is 30.4 Å². The van der Waals surface area contributed by atoms with E-state index in [4.69, 9.17) is 17.3 Å². The Morgan fingerprint density at radius 1 is 1.33 bits per heavy atom. The van der Waals surface area contributed by atoms with Crippen LogP contribution in [0.15, 0.2) is 24.3 Å². The average molecular weight is 331 g/mol. The zero-order chi connectivity index (χ0) is 14.7. The number of hydrogen-bond donors (Lipinski definition) is 1. The van der Waals surface area contributed by atoms with Gasteiger partial charge in [-0.2, -0.15) is 0 Å². The molecule has 1 amide bonds. The molecule has 2 N–H and O–H groups in total. The van der Waals surface area contributed by atoms with Gasteiger partial charge in [-0.1, -0.05) is 23.7 Å². The van der Waals surface area contributed by atoms with Crippen molar-refractivity contribution in [2.75, 3.05) is 0 Å². The van der Waals surface area contributed by atoms with Gasteiger partial charge in [0, 0.05) is 23.5 Å². The standard InChI is InChI=1S/C16H23ClN2O.ClH/c1-11(18)3-10-16(20)19(15-8-9-15)12(2)13-4-6-14(17)7-5-13;/h4-7,11-12,15H,3,8-10,18H2,1-2H3;1H. The summed E-state index contributed by atoms with van der Waals surface area (Å²) in [5.41, 5.74) is 6.89. The minimum atomic E-state index is 0. The van der Waals surface area contributed by atoms with Gasteiger partial charge in [0.1, 0.15) is 0 Å². The van der Waals surface area contributed by atoms with Gasteiger partial charge < -0.3 is 10.6 Å². The van der Waals surface area contributed by atoms with Crippen molar-refractivity contribution >= 4 is 29.9 Å². The van der Waals surface area contributed by atoms with Crippen LogP contribution in [0.25, 0.3) is 0 Å². The Labute approximate surface area is 138 Å². The van der Waals surface area contributed by atoms with Crippen LogP contribution in [0, 0.1) is 0 Å². The van der Waals surface area contributed by atoms with Gasteiger partial charge in [0.15, 0.2) is 0 Å². The molecule has 0 aliphatic heterocycles.